The number of nitrogens with zero attached hydrogens (tertiary/aromatic N) is 2. The second-order valence-corrected chi connectivity index (χ2v) is 6.96. The van der Waals surface area contributed by atoms with Crippen LogP contribution in [0.1, 0.15) is 22.9 Å². The van der Waals surface area contributed by atoms with E-state index in [9.17, 15) is 19.1 Å². The Morgan fingerprint density at radius 3 is 2.38 bits per heavy atom. The van der Waals surface area contributed by atoms with Crippen LogP contribution in [0.5, 0.6) is 0 Å². The number of amides is 1. The van der Waals surface area contributed by atoms with E-state index in [2.05, 4.69) is 5.16 Å². The number of aliphatic hydroxyl groups is 1. The number of Topliss-reactive ketones (excluding diaryl/α,β-unsaturated/α-hetero) is 1. The molecule has 2 aromatic carbocycles. The summed E-state index contributed by atoms with van der Waals surface area (Å²) in [6.45, 7) is 1.66. The Labute approximate surface area is 169 Å². The lowest BCUT2D eigenvalue weighted by molar-refractivity contribution is -0.132. The third kappa shape index (κ3) is 3.30. The first-order valence-electron chi connectivity index (χ1n) is 8.62. The van der Waals surface area contributed by atoms with E-state index in [-0.39, 0.29) is 17.0 Å². The van der Waals surface area contributed by atoms with Gasteiger partial charge in [-0.1, -0.05) is 28.9 Å². The minimum atomic E-state index is -0.957. The maximum atomic E-state index is 13.3. The second-order valence-electron chi connectivity index (χ2n) is 6.52. The molecule has 3 aromatic rings. The molecule has 0 spiro atoms. The van der Waals surface area contributed by atoms with Crippen LogP contribution >= 0.6 is 11.6 Å². The van der Waals surface area contributed by atoms with E-state index < -0.39 is 29.3 Å². The molecular formula is C21H14ClFN2O4. The Kier molecular flexibility index (Phi) is 4.68. The molecule has 1 atom stereocenters. The maximum absolute atomic E-state index is 13.3. The lowest BCUT2D eigenvalue weighted by Crippen LogP contribution is -2.29. The van der Waals surface area contributed by atoms with Crippen LogP contribution in [-0.4, -0.2) is 22.0 Å². The lowest BCUT2D eigenvalue weighted by atomic mass is 9.95. The largest absolute Gasteiger partial charge is 0.507 e. The fourth-order valence-electron chi connectivity index (χ4n) is 3.26. The summed E-state index contributed by atoms with van der Waals surface area (Å²) in [4.78, 5) is 26.9. The summed E-state index contributed by atoms with van der Waals surface area (Å²) in [6, 6.07) is 12.1. The highest BCUT2D eigenvalue weighted by molar-refractivity contribution is 6.51. The van der Waals surface area contributed by atoms with Gasteiger partial charge in [-0.2, -0.15) is 0 Å². The highest BCUT2D eigenvalue weighted by atomic mass is 35.5. The van der Waals surface area contributed by atoms with Crippen LogP contribution in [0.2, 0.25) is 5.02 Å². The molecular weight excluding hydrogens is 399 g/mol. The summed E-state index contributed by atoms with van der Waals surface area (Å²) in [5, 5.41) is 15.2. The molecule has 0 bridgehead atoms. The normalized spacial score (nSPS) is 18.4. The van der Waals surface area contributed by atoms with Crippen molar-refractivity contribution in [3.05, 3.63) is 87.9 Å². The number of ketones is 1. The zero-order valence-corrected chi connectivity index (χ0v) is 15.9. The topological polar surface area (TPSA) is 83.6 Å². The molecule has 0 unspecified atom stereocenters. The summed E-state index contributed by atoms with van der Waals surface area (Å²) < 4.78 is 18.3. The molecule has 1 N–H and O–H groups in total. The maximum Gasteiger partial charge on any atom is 0.301 e. The Hall–Kier alpha value is -3.45. The van der Waals surface area contributed by atoms with E-state index >= 15 is 0 Å². The van der Waals surface area contributed by atoms with Crippen molar-refractivity contribution in [1.82, 2.24) is 5.16 Å². The number of benzene rings is 2. The number of aryl methyl sites for hydroxylation is 1. The predicted molar refractivity (Wildman–Crippen MR) is 104 cm³/mol. The van der Waals surface area contributed by atoms with Gasteiger partial charge in [0.2, 0.25) is 0 Å². The second kappa shape index (κ2) is 7.18. The summed E-state index contributed by atoms with van der Waals surface area (Å²) in [6.07, 6.45) is 0. The van der Waals surface area contributed by atoms with Gasteiger partial charge in [0.15, 0.2) is 5.82 Å². The number of anilines is 1. The van der Waals surface area contributed by atoms with Crippen LogP contribution in [0.25, 0.3) is 5.76 Å². The molecule has 146 valence electrons. The zero-order valence-electron chi connectivity index (χ0n) is 15.1. The first kappa shape index (κ1) is 18.9. The lowest BCUT2D eigenvalue weighted by Gasteiger charge is -2.22. The monoisotopic (exact) mass is 412 g/mol. The Morgan fingerprint density at radius 1 is 1.14 bits per heavy atom. The van der Waals surface area contributed by atoms with Gasteiger partial charge in [-0.3, -0.25) is 14.5 Å². The van der Waals surface area contributed by atoms with Crippen molar-refractivity contribution in [2.75, 3.05) is 4.90 Å². The molecule has 0 saturated carbocycles. The van der Waals surface area contributed by atoms with Crippen molar-refractivity contribution in [1.29, 1.82) is 0 Å². The van der Waals surface area contributed by atoms with Crippen LogP contribution < -0.4 is 4.90 Å². The van der Waals surface area contributed by atoms with Gasteiger partial charge >= 0.3 is 5.91 Å². The molecule has 4 rings (SSSR count). The summed E-state index contributed by atoms with van der Waals surface area (Å²) in [7, 11) is 0. The molecule has 1 aromatic heterocycles. The molecule has 1 aliphatic rings. The predicted octanol–water partition coefficient (Wildman–Crippen LogP) is 4.40. The molecule has 0 aliphatic carbocycles. The molecule has 1 aliphatic heterocycles. The Bertz CT molecular complexity index is 1140. The highest BCUT2D eigenvalue weighted by Gasteiger charge is 2.48. The number of aromatic nitrogens is 1. The third-order valence-electron chi connectivity index (χ3n) is 4.61. The number of hydrogen-bond donors (Lipinski definition) is 1. The van der Waals surface area contributed by atoms with Gasteiger partial charge in [0, 0.05) is 16.7 Å². The van der Waals surface area contributed by atoms with Crippen molar-refractivity contribution in [3.8, 4) is 0 Å². The number of rotatable bonds is 3. The summed E-state index contributed by atoms with van der Waals surface area (Å²) >= 11 is 5.97. The van der Waals surface area contributed by atoms with Crippen molar-refractivity contribution in [2.45, 2.75) is 13.0 Å². The van der Waals surface area contributed by atoms with Gasteiger partial charge in [0.1, 0.15) is 17.3 Å². The minimum Gasteiger partial charge on any atom is -0.507 e. The molecule has 1 fully saturated rings. The molecule has 6 nitrogen and oxygen atoms in total. The van der Waals surface area contributed by atoms with Crippen molar-refractivity contribution < 1.29 is 23.6 Å². The van der Waals surface area contributed by atoms with Gasteiger partial charge in [-0.25, -0.2) is 4.39 Å². The van der Waals surface area contributed by atoms with Gasteiger partial charge in [0.25, 0.3) is 5.78 Å². The molecule has 29 heavy (non-hydrogen) atoms. The zero-order chi connectivity index (χ0) is 20.7. The van der Waals surface area contributed by atoms with E-state index in [4.69, 9.17) is 16.1 Å². The van der Waals surface area contributed by atoms with Gasteiger partial charge in [-0.15, -0.1) is 0 Å². The molecule has 1 amide bonds. The van der Waals surface area contributed by atoms with Crippen LogP contribution in [0.3, 0.4) is 0 Å². The summed E-state index contributed by atoms with van der Waals surface area (Å²) in [5.74, 6) is -2.05. The number of carbonyl (C=O) groups is 2. The van der Waals surface area contributed by atoms with Gasteiger partial charge in [0.05, 0.1) is 11.6 Å². The standard InChI is InChI=1S/C21H14ClFN2O4/c1-11-10-16(24-29-11)25-18(12-2-6-14(22)7-3-12)17(20(27)21(25)28)19(26)13-4-8-15(23)9-5-13/h2-10,18,26H,1H3/t18-/m0/s1. The van der Waals surface area contributed by atoms with Crippen LogP contribution in [0, 0.1) is 12.7 Å². The minimum absolute atomic E-state index is 0.135. The van der Waals surface area contributed by atoms with Crippen LogP contribution in [0.4, 0.5) is 10.2 Å². The average molecular weight is 413 g/mol. The number of hydrogen-bond acceptors (Lipinski definition) is 5. The molecule has 1 saturated heterocycles. The summed E-state index contributed by atoms with van der Waals surface area (Å²) in [5.41, 5.74) is 0.613. The van der Waals surface area contributed by atoms with Crippen LogP contribution in [-0.2, 0) is 9.59 Å². The number of aliphatic hydroxyl groups excluding tert-OH is 1. The van der Waals surface area contributed by atoms with Gasteiger partial charge in [-0.05, 0) is 48.9 Å². The number of carbonyl (C=O) groups excluding carboxylic acids is 2. The smallest absolute Gasteiger partial charge is 0.301 e. The average Bonchev–Trinajstić information content (AvgIpc) is 3.24. The van der Waals surface area contributed by atoms with Crippen molar-refractivity contribution in [2.24, 2.45) is 0 Å². The Balaban J connectivity index is 1.93. The van der Waals surface area contributed by atoms with E-state index in [1.165, 1.54) is 18.2 Å². The van der Waals surface area contributed by atoms with Gasteiger partial charge < -0.3 is 9.63 Å². The van der Waals surface area contributed by atoms with E-state index in [1.807, 2.05) is 0 Å². The van der Waals surface area contributed by atoms with Crippen molar-refractivity contribution in [3.63, 3.8) is 0 Å². The molecule has 0 radical (unpaired) electrons. The fraction of sp³-hybridized carbons (Fsp3) is 0.0952. The van der Waals surface area contributed by atoms with E-state index in [1.54, 1.807) is 31.2 Å². The number of halogens is 2. The highest BCUT2D eigenvalue weighted by Crippen LogP contribution is 2.42. The molecule has 8 heteroatoms. The first-order valence-corrected chi connectivity index (χ1v) is 9.00. The van der Waals surface area contributed by atoms with Crippen molar-refractivity contribution >= 4 is 34.9 Å². The third-order valence-corrected chi connectivity index (χ3v) is 4.86. The van der Waals surface area contributed by atoms with Crippen LogP contribution in [0.15, 0.2) is 64.7 Å². The molecule has 2 heterocycles. The quantitative estimate of drug-likeness (QED) is 0.391. The SMILES string of the molecule is Cc1cc(N2C(=O)C(=O)C(=C(O)c3ccc(F)cc3)[C@@H]2c2ccc(Cl)cc2)no1. The fourth-order valence-corrected chi connectivity index (χ4v) is 3.39. The van der Waals surface area contributed by atoms with E-state index in [0.29, 0.717) is 16.3 Å². The van der Waals surface area contributed by atoms with E-state index in [0.717, 1.165) is 17.0 Å². The Morgan fingerprint density at radius 2 is 1.79 bits per heavy atom. The first-order chi connectivity index (χ1) is 13.9.